The summed E-state index contributed by atoms with van der Waals surface area (Å²) in [4.78, 5) is 11.2. The molecule has 0 atom stereocenters. The van der Waals surface area contributed by atoms with E-state index in [1.54, 1.807) is 0 Å². The molecule has 0 spiro atoms. The van der Waals surface area contributed by atoms with Crippen LogP contribution in [0.25, 0.3) is 0 Å². The summed E-state index contributed by atoms with van der Waals surface area (Å²) in [6, 6.07) is 2.79. The van der Waals surface area contributed by atoms with Gasteiger partial charge in [0.15, 0.2) is 0 Å². The van der Waals surface area contributed by atoms with E-state index in [2.05, 4.69) is 5.32 Å². The monoisotopic (exact) mass is 200 g/mol. The molecule has 0 saturated carbocycles. The molecule has 0 aliphatic rings. The van der Waals surface area contributed by atoms with Crippen molar-refractivity contribution < 1.29 is 13.6 Å². The van der Waals surface area contributed by atoms with Gasteiger partial charge in [-0.05, 0) is 12.1 Å². The van der Waals surface area contributed by atoms with Crippen LogP contribution in [-0.2, 0) is 0 Å². The maximum Gasteiger partial charge on any atom is 0.254 e. The molecule has 1 aromatic rings. The van der Waals surface area contributed by atoms with Gasteiger partial charge in [0.25, 0.3) is 5.91 Å². The Bertz CT molecular complexity index is 342. The largest absolute Gasteiger partial charge is 0.351 e. The molecule has 0 aliphatic heterocycles. The van der Waals surface area contributed by atoms with Crippen molar-refractivity contribution in [3.8, 4) is 0 Å². The van der Waals surface area contributed by atoms with Gasteiger partial charge in [-0.25, -0.2) is 8.78 Å². The van der Waals surface area contributed by atoms with E-state index < -0.39 is 17.5 Å². The van der Waals surface area contributed by atoms with Gasteiger partial charge in [0.1, 0.15) is 11.6 Å². The average Bonchev–Trinajstić information content (AvgIpc) is 2.14. The first-order valence-corrected chi connectivity index (χ1v) is 4.08. The fourth-order valence-electron chi connectivity index (χ4n) is 0.955. The molecule has 0 unspecified atom stereocenters. The molecule has 3 nitrogen and oxygen atoms in total. The maximum absolute atomic E-state index is 13.0. The molecular weight excluding hydrogens is 190 g/mol. The Morgan fingerprint density at radius 2 is 2.14 bits per heavy atom. The first kappa shape index (κ1) is 10.6. The highest BCUT2D eigenvalue weighted by molar-refractivity contribution is 5.94. The molecule has 5 heteroatoms. The Kier molecular flexibility index (Phi) is 3.53. The van der Waals surface area contributed by atoms with Gasteiger partial charge in [0.05, 0.1) is 5.56 Å². The summed E-state index contributed by atoms with van der Waals surface area (Å²) >= 11 is 0. The normalized spacial score (nSPS) is 9.93. The van der Waals surface area contributed by atoms with Gasteiger partial charge in [-0.1, -0.05) is 0 Å². The summed E-state index contributed by atoms with van der Waals surface area (Å²) in [5.41, 5.74) is 4.97. The number of halogens is 2. The smallest absolute Gasteiger partial charge is 0.254 e. The fraction of sp³-hybridized carbons (Fsp3) is 0.222. The van der Waals surface area contributed by atoms with Crippen LogP contribution >= 0.6 is 0 Å². The minimum atomic E-state index is -0.875. The predicted octanol–water partition coefficient (Wildman–Crippen LogP) is 0.653. The molecule has 0 bridgehead atoms. The van der Waals surface area contributed by atoms with Crippen LogP contribution in [0, 0.1) is 11.6 Å². The number of amides is 1. The first-order chi connectivity index (χ1) is 6.65. The minimum absolute atomic E-state index is 0.181. The highest BCUT2D eigenvalue weighted by atomic mass is 19.1. The fourth-order valence-corrected chi connectivity index (χ4v) is 0.955. The summed E-state index contributed by atoms with van der Waals surface area (Å²) in [6.45, 7) is 0.532. The van der Waals surface area contributed by atoms with Crippen molar-refractivity contribution >= 4 is 5.91 Å². The molecular formula is C9H10F2N2O. The van der Waals surface area contributed by atoms with Crippen molar-refractivity contribution in [2.75, 3.05) is 13.1 Å². The Morgan fingerprint density at radius 3 is 2.71 bits per heavy atom. The van der Waals surface area contributed by atoms with E-state index >= 15 is 0 Å². The molecule has 0 aromatic heterocycles. The number of nitrogens with two attached hydrogens (primary N) is 1. The standard InChI is InChI=1S/C9H10F2N2O/c10-6-1-2-7(8(11)5-6)9(14)13-4-3-12/h1-2,5H,3-4,12H2,(H,13,14). The third kappa shape index (κ3) is 2.50. The van der Waals surface area contributed by atoms with Gasteiger partial charge in [0.2, 0.25) is 0 Å². The molecule has 0 aliphatic carbocycles. The van der Waals surface area contributed by atoms with Crippen LogP contribution in [0.5, 0.6) is 0 Å². The molecule has 1 aromatic carbocycles. The predicted molar refractivity (Wildman–Crippen MR) is 47.7 cm³/mol. The minimum Gasteiger partial charge on any atom is -0.351 e. The second kappa shape index (κ2) is 4.66. The van der Waals surface area contributed by atoms with Crippen LogP contribution in [0.2, 0.25) is 0 Å². The first-order valence-electron chi connectivity index (χ1n) is 4.08. The van der Waals surface area contributed by atoms with Crippen molar-refractivity contribution in [3.63, 3.8) is 0 Å². The van der Waals surface area contributed by atoms with E-state index in [1.165, 1.54) is 0 Å². The molecule has 76 valence electrons. The maximum atomic E-state index is 13.0. The van der Waals surface area contributed by atoms with E-state index in [4.69, 9.17) is 5.73 Å². The van der Waals surface area contributed by atoms with E-state index in [0.717, 1.165) is 12.1 Å². The van der Waals surface area contributed by atoms with Gasteiger partial charge in [-0.15, -0.1) is 0 Å². The van der Waals surface area contributed by atoms with Crippen LogP contribution in [0.3, 0.4) is 0 Å². The molecule has 0 fully saturated rings. The highest BCUT2D eigenvalue weighted by Crippen LogP contribution is 2.08. The number of carbonyl (C=O) groups is 1. The van der Waals surface area contributed by atoms with Gasteiger partial charge < -0.3 is 11.1 Å². The topological polar surface area (TPSA) is 55.1 Å². The van der Waals surface area contributed by atoms with Crippen molar-refractivity contribution in [2.24, 2.45) is 5.73 Å². The lowest BCUT2D eigenvalue weighted by Crippen LogP contribution is -2.29. The summed E-state index contributed by atoms with van der Waals surface area (Å²) in [6.07, 6.45) is 0. The molecule has 0 radical (unpaired) electrons. The van der Waals surface area contributed by atoms with Crippen molar-refractivity contribution in [1.82, 2.24) is 5.32 Å². The lowest BCUT2D eigenvalue weighted by Gasteiger charge is -2.04. The van der Waals surface area contributed by atoms with Crippen LogP contribution in [0.4, 0.5) is 8.78 Å². The SMILES string of the molecule is NCCNC(=O)c1ccc(F)cc1F. The Labute approximate surface area is 79.9 Å². The van der Waals surface area contributed by atoms with Crippen molar-refractivity contribution in [1.29, 1.82) is 0 Å². The van der Waals surface area contributed by atoms with Crippen LogP contribution in [0.1, 0.15) is 10.4 Å². The second-order valence-corrected chi connectivity index (χ2v) is 2.67. The van der Waals surface area contributed by atoms with E-state index in [9.17, 15) is 13.6 Å². The Balaban J connectivity index is 2.80. The van der Waals surface area contributed by atoms with Crippen LogP contribution < -0.4 is 11.1 Å². The number of hydrogen-bond acceptors (Lipinski definition) is 2. The van der Waals surface area contributed by atoms with Crippen molar-refractivity contribution in [3.05, 3.63) is 35.4 Å². The number of hydrogen-bond donors (Lipinski definition) is 2. The zero-order valence-corrected chi connectivity index (χ0v) is 7.39. The van der Waals surface area contributed by atoms with Crippen molar-refractivity contribution in [2.45, 2.75) is 0 Å². The lowest BCUT2D eigenvalue weighted by molar-refractivity contribution is 0.0950. The number of rotatable bonds is 3. The van der Waals surface area contributed by atoms with E-state index in [1.807, 2.05) is 0 Å². The molecule has 0 saturated heterocycles. The Hall–Kier alpha value is -1.49. The second-order valence-electron chi connectivity index (χ2n) is 2.67. The quantitative estimate of drug-likeness (QED) is 0.752. The van der Waals surface area contributed by atoms with Crippen LogP contribution in [0.15, 0.2) is 18.2 Å². The number of nitrogens with one attached hydrogen (secondary N) is 1. The van der Waals surface area contributed by atoms with Gasteiger partial charge in [0, 0.05) is 19.2 Å². The third-order valence-electron chi connectivity index (χ3n) is 1.61. The van der Waals surface area contributed by atoms with E-state index in [-0.39, 0.29) is 18.7 Å². The number of carbonyl (C=O) groups excluding carboxylic acids is 1. The summed E-state index contributed by atoms with van der Waals surface area (Å²) in [5, 5.41) is 2.38. The molecule has 1 amide bonds. The summed E-state index contributed by atoms with van der Waals surface area (Å²) in [5.74, 6) is -2.18. The summed E-state index contributed by atoms with van der Waals surface area (Å²) in [7, 11) is 0. The molecule has 3 N–H and O–H groups in total. The Morgan fingerprint density at radius 1 is 1.43 bits per heavy atom. The molecule has 14 heavy (non-hydrogen) atoms. The third-order valence-corrected chi connectivity index (χ3v) is 1.61. The lowest BCUT2D eigenvalue weighted by atomic mass is 10.2. The summed E-state index contributed by atoms with van der Waals surface area (Å²) < 4.78 is 25.5. The van der Waals surface area contributed by atoms with Gasteiger partial charge >= 0.3 is 0 Å². The van der Waals surface area contributed by atoms with Gasteiger partial charge in [-0.2, -0.15) is 0 Å². The number of benzene rings is 1. The van der Waals surface area contributed by atoms with E-state index in [0.29, 0.717) is 6.07 Å². The average molecular weight is 200 g/mol. The van der Waals surface area contributed by atoms with Crippen LogP contribution in [-0.4, -0.2) is 19.0 Å². The zero-order chi connectivity index (χ0) is 10.6. The highest BCUT2D eigenvalue weighted by Gasteiger charge is 2.10. The zero-order valence-electron chi connectivity index (χ0n) is 7.39. The molecule has 1 rings (SSSR count). The molecule has 0 heterocycles. The van der Waals surface area contributed by atoms with Gasteiger partial charge in [-0.3, -0.25) is 4.79 Å².